The Labute approximate surface area is 154 Å². The van der Waals surface area contributed by atoms with Gasteiger partial charge in [-0.25, -0.2) is 4.39 Å². The molecule has 2 aromatic carbocycles. The summed E-state index contributed by atoms with van der Waals surface area (Å²) < 4.78 is 21.3. The number of ether oxygens (including phenoxy) is 1. The lowest BCUT2D eigenvalue weighted by molar-refractivity contribution is 0.302. The highest BCUT2D eigenvalue weighted by Crippen LogP contribution is 2.24. The van der Waals surface area contributed by atoms with Crippen LogP contribution in [0, 0.1) is 26.6 Å². The molecule has 3 rings (SSSR count). The third kappa shape index (κ3) is 4.64. The average Bonchev–Trinajstić information content (AvgIpc) is 2.88. The molecule has 0 aliphatic rings. The van der Waals surface area contributed by atoms with Crippen LogP contribution in [0.2, 0.25) is 0 Å². The van der Waals surface area contributed by atoms with Crippen molar-refractivity contribution in [2.45, 2.75) is 33.9 Å². The Morgan fingerprint density at radius 2 is 1.68 bits per heavy atom. The fraction of sp³-hybridized carbons (Fsp3) is 0.238. The van der Waals surface area contributed by atoms with Crippen molar-refractivity contribution in [1.82, 2.24) is 4.57 Å². The molecule has 4 heteroatoms. The summed E-state index contributed by atoms with van der Waals surface area (Å²) in [6.45, 7) is 7.51. The van der Waals surface area contributed by atoms with E-state index in [0.29, 0.717) is 6.61 Å². The zero-order chi connectivity index (χ0) is 17.1. The topological polar surface area (TPSA) is 14.2 Å². The van der Waals surface area contributed by atoms with E-state index in [1.807, 2.05) is 0 Å². The molecule has 1 aromatic heterocycles. The van der Waals surface area contributed by atoms with E-state index in [0.717, 1.165) is 29.0 Å². The molecule has 0 fully saturated rings. The highest BCUT2D eigenvalue weighted by Gasteiger charge is 2.08. The van der Waals surface area contributed by atoms with Gasteiger partial charge in [-0.2, -0.15) is 0 Å². The van der Waals surface area contributed by atoms with Gasteiger partial charge in [-0.05, 0) is 61.7 Å². The van der Waals surface area contributed by atoms with Crippen molar-refractivity contribution >= 4 is 12.4 Å². The molecular formula is C21H23ClFNO. The van der Waals surface area contributed by atoms with Crippen molar-refractivity contribution in [3.05, 3.63) is 88.5 Å². The van der Waals surface area contributed by atoms with Crippen LogP contribution in [0.5, 0.6) is 5.75 Å². The van der Waals surface area contributed by atoms with Gasteiger partial charge in [0.25, 0.3) is 0 Å². The predicted molar refractivity (Wildman–Crippen MR) is 102 cm³/mol. The molecular weight excluding hydrogens is 337 g/mol. The lowest BCUT2D eigenvalue weighted by Crippen LogP contribution is -2.05. The molecule has 0 atom stereocenters. The van der Waals surface area contributed by atoms with Crippen LogP contribution >= 0.6 is 12.4 Å². The molecule has 0 unspecified atom stereocenters. The maximum Gasteiger partial charge on any atom is 0.125 e. The molecule has 0 aliphatic carbocycles. The summed E-state index contributed by atoms with van der Waals surface area (Å²) in [5.74, 6) is 0.651. The Balaban J connectivity index is 0.00000225. The van der Waals surface area contributed by atoms with E-state index >= 15 is 0 Å². The smallest absolute Gasteiger partial charge is 0.125 e. The molecule has 132 valence electrons. The molecule has 2 nitrogen and oxygen atoms in total. The third-order valence-electron chi connectivity index (χ3n) is 4.38. The second-order valence-corrected chi connectivity index (χ2v) is 6.24. The summed E-state index contributed by atoms with van der Waals surface area (Å²) in [6, 6.07) is 14.8. The number of hydrogen-bond acceptors (Lipinski definition) is 1. The second kappa shape index (κ2) is 8.21. The van der Waals surface area contributed by atoms with Gasteiger partial charge in [0.1, 0.15) is 18.2 Å². The van der Waals surface area contributed by atoms with E-state index in [1.165, 1.54) is 23.4 Å². The summed E-state index contributed by atoms with van der Waals surface area (Å²) in [6.07, 6.45) is 2.11. The Hall–Kier alpha value is -2.26. The quantitative estimate of drug-likeness (QED) is 0.578. The maximum absolute atomic E-state index is 13.0. The standard InChI is InChI=1S/C21H22FNO.ClH/c1-15-4-7-19(13-23-11-10-16(2)17(23)3)21(12-15)24-14-18-5-8-20(22)9-6-18;/h4-12H,13-14H2,1-3H3;1H. The Kier molecular flexibility index (Phi) is 6.27. The van der Waals surface area contributed by atoms with Gasteiger partial charge in [-0.3, -0.25) is 0 Å². The van der Waals surface area contributed by atoms with Gasteiger partial charge in [0.2, 0.25) is 0 Å². The minimum absolute atomic E-state index is 0. The van der Waals surface area contributed by atoms with Crippen molar-refractivity contribution < 1.29 is 9.13 Å². The fourth-order valence-corrected chi connectivity index (χ4v) is 2.68. The minimum atomic E-state index is -0.228. The molecule has 0 saturated carbocycles. The number of aromatic nitrogens is 1. The van der Waals surface area contributed by atoms with Crippen LogP contribution in [0.1, 0.15) is 27.9 Å². The monoisotopic (exact) mass is 359 g/mol. The van der Waals surface area contributed by atoms with Crippen LogP contribution in [0.4, 0.5) is 4.39 Å². The number of rotatable bonds is 5. The van der Waals surface area contributed by atoms with Crippen molar-refractivity contribution in [3.63, 3.8) is 0 Å². The molecule has 0 aliphatic heterocycles. The van der Waals surface area contributed by atoms with Crippen LogP contribution in [0.3, 0.4) is 0 Å². The molecule has 0 spiro atoms. The van der Waals surface area contributed by atoms with E-state index in [2.05, 4.69) is 55.8 Å². The number of halogens is 2. The number of benzene rings is 2. The van der Waals surface area contributed by atoms with Gasteiger partial charge >= 0.3 is 0 Å². The summed E-state index contributed by atoms with van der Waals surface area (Å²) in [4.78, 5) is 0. The first kappa shape index (κ1) is 19.1. The van der Waals surface area contributed by atoms with Crippen LogP contribution in [-0.2, 0) is 13.2 Å². The maximum atomic E-state index is 13.0. The van der Waals surface area contributed by atoms with Gasteiger partial charge in [0.15, 0.2) is 0 Å². The van der Waals surface area contributed by atoms with Crippen molar-refractivity contribution in [1.29, 1.82) is 0 Å². The van der Waals surface area contributed by atoms with E-state index in [1.54, 1.807) is 12.1 Å². The molecule has 0 amide bonds. The largest absolute Gasteiger partial charge is 0.489 e. The lowest BCUT2D eigenvalue weighted by atomic mass is 10.1. The Morgan fingerprint density at radius 1 is 0.960 bits per heavy atom. The van der Waals surface area contributed by atoms with Crippen molar-refractivity contribution in [3.8, 4) is 5.75 Å². The Morgan fingerprint density at radius 3 is 2.32 bits per heavy atom. The molecule has 0 N–H and O–H groups in total. The SMILES string of the molecule is Cc1ccc(Cn2ccc(C)c2C)c(OCc2ccc(F)cc2)c1.Cl. The highest BCUT2D eigenvalue weighted by atomic mass is 35.5. The summed E-state index contributed by atoms with van der Waals surface area (Å²) in [5.41, 5.74) is 5.81. The van der Waals surface area contributed by atoms with Gasteiger partial charge in [-0.1, -0.05) is 24.3 Å². The Bertz CT molecular complexity index is 840. The normalized spacial score (nSPS) is 10.4. The lowest BCUT2D eigenvalue weighted by Gasteiger charge is -2.14. The van der Waals surface area contributed by atoms with Gasteiger partial charge in [0, 0.05) is 17.5 Å². The van der Waals surface area contributed by atoms with Crippen LogP contribution < -0.4 is 4.74 Å². The van der Waals surface area contributed by atoms with E-state index in [4.69, 9.17) is 4.74 Å². The van der Waals surface area contributed by atoms with Crippen molar-refractivity contribution in [2.75, 3.05) is 0 Å². The van der Waals surface area contributed by atoms with Gasteiger partial charge in [-0.15, -0.1) is 12.4 Å². The van der Waals surface area contributed by atoms with Crippen LogP contribution in [-0.4, -0.2) is 4.57 Å². The third-order valence-corrected chi connectivity index (χ3v) is 4.38. The highest BCUT2D eigenvalue weighted by molar-refractivity contribution is 5.85. The number of nitrogens with zero attached hydrogens (tertiary/aromatic N) is 1. The molecule has 3 aromatic rings. The first-order valence-electron chi connectivity index (χ1n) is 8.12. The van der Waals surface area contributed by atoms with Crippen LogP contribution in [0.15, 0.2) is 54.7 Å². The van der Waals surface area contributed by atoms with Crippen LogP contribution in [0.25, 0.3) is 0 Å². The van der Waals surface area contributed by atoms with Gasteiger partial charge < -0.3 is 9.30 Å². The molecule has 25 heavy (non-hydrogen) atoms. The first-order chi connectivity index (χ1) is 11.5. The summed E-state index contributed by atoms with van der Waals surface area (Å²) >= 11 is 0. The molecule has 1 heterocycles. The predicted octanol–water partition coefficient (Wildman–Crippen LogP) is 5.60. The zero-order valence-corrected chi connectivity index (χ0v) is 15.6. The molecule has 0 saturated heterocycles. The first-order valence-corrected chi connectivity index (χ1v) is 8.12. The zero-order valence-electron chi connectivity index (χ0n) is 14.8. The summed E-state index contributed by atoms with van der Waals surface area (Å²) in [5, 5.41) is 0. The number of hydrogen-bond donors (Lipinski definition) is 0. The van der Waals surface area contributed by atoms with E-state index < -0.39 is 0 Å². The summed E-state index contributed by atoms with van der Waals surface area (Å²) in [7, 11) is 0. The average molecular weight is 360 g/mol. The van der Waals surface area contributed by atoms with Gasteiger partial charge in [0.05, 0.1) is 6.54 Å². The minimum Gasteiger partial charge on any atom is -0.489 e. The van der Waals surface area contributed by atoms with Crippen molar-refractivity contribution in [2.24, 2.45) is 0 Å². The second-order valence-electron chi connectivity index (χ2n) is 6.24. The molecule has 0 bridgehead atoms. The molecule has 0 radical (unpaired) electrons. The van der Waals surface area contributed by atoms with E-state index in [9.17, 15) is 4.39 Å². The number of aryl methyl sites for hydroxylation is 2. The fourth-order valence-electron chi connectivity index (χ4n) is 2.68. The van der Waals surface area contributed by atoms with E-state index in [-0.39, 0.29) is 18.2 Å².